The first kappa shape index (κ1) is 12.4. The van der Waals surface area contributed by atoms with Gasteiger partial charge in [0.1, 0.15) is 13.1 Å². The number of carbonyl (C=O) groups excluding carboxylic acids is 1. The average Bonchev–Trinajstić information content (AvgIpc) is 2.01. The van der Waals surface area contributed by atoms with E-state index in [1.165, 1.54) is 0 Å². The minimum absolute atomic E-state index is 0.0550. The fourth-order valence-corrected chi connectivity index (χ4v) is 0.840. The standard InChI is InChI=1S/C7H12N2O5/c8-2-1-5(10)9(3-6(11)12)4-7(13)14/h1-4,8H2,(H,11,12)(H,13,14). The van der Waals surface area contributed by atoms with Crippen molar-refractivity contribution in [1.82, 2.24) is 4.90 Å². The number of hydrogen-bond acceptors (Lipinski definition) is 4. The van der Waals surface area contributed by atoms with Crippen molar-refractivity contribution in [1.29, 1.82) is 0 Å². The molecule has 0 saturated carbocycles. The third kappa shape index (κ3) is 5.09. The molecule has 0 heterocycles. The van der Waals surface area contributed by atoms with E-state index in [-0.39, 0.29) is 13.0 Å². The Labute approximate surface area is 80.1 Å². The van der Waals surface area contributed by atoms with Gasteiger partial charge in [0, 0.05) is 13.0 Å². The first-order valence-corrected chi connectivity index (χ1v) is 3.88. The van der Waals surface area contributed by atoms with Gasteiger partial charge in [-0.15, -0.1) is 0 Å². The van der Waals surface area contributed by atoms with Crippen LogP contribution >= 0.6 is 0 Å². The first-order chi connectivity index (χ1) is 6.47. The van der Waals surface area contributed by atoms with E-state index in [0.717, 1.165) is 4.90 Å². The van der Waals surface area contributed by atoms with Gasteiger partial charge in [0.05, 0.1) is 0 Å². The van der Waals surface area contributed by atoms with Gasteiger partial charge in [-0.05, 0) is 0 Å². The summed E-state index contributed by atoms with van der Waals surface area (Å²) in [5.41, 5.74) is 5.09. The van der Waals surface area contributed by atoms with Gasteiger partial charge < -0.3 is 20.8 Å². The van der Waals surface area contributed by atoms with E-state index in [0.29, 0.717) is 0 Å². The number of nitrogens with zero attached hydrogens (tertiary/aromatic N) is 1. The number of hydrogen-bond donors (Lipinski definition) is 3. The number of amides is 1. The molecule has 7 nitrogen and oxygen atoms in total. The Kier molecular flexibility index (Phi) is 5.23. The van der Waals surface area contributed by atoms with Crippen LogP contribution in [0.1, 0.15) is 6.42 Å². The van der Waals surface area contributed by atoms with Gasteiger partial charge in [0.15, 0.2) is 0 Å². The van der Waals surface area contributed by atoms with E-state index in [1.54, 1.807) is 0 Å². The van der Waals surface area contributed by atoms with Crippen LogP contribution in [0.25, 0.3) is 0 Å². The lowest BCUT2D eigenvalue weighted by atomic mass is 10.3. The van der Waals surface area contributed by atoms with Gasteiger partial charge in [0.2, 0.25) is 5.91 Å². The second-order valence-corrected chi connectivity index (χ2v) is 2.58. The smallest absolute Gasteiger partial charge is 0.323 e. The number of nitrogens with two attached hydrogens (primary N) is 1. The first-order valence-electron chi connectivity index (χ1n) is 3.88. The zero-order chi connectivity index (χ0) is 11.1. The third-order valence-corrected chi connectivity index (χ3v) is 1.36. The quantitative estimate of drug-likeness (QED) is 0.475. The highest BCUT2D eigenvalue weighted by atomic mass is 16.4. The highest BCUT2D eigenvalue weighted by molar-refractivity contribution is 5.85. The van der Waals surface area contributed by atoms with E-state index in [4.69, 9.17) is 15.9 Å². The third-order valence-electron chi connectivity index (χ3n) is 1.36. The van der Waals surface area contributed by atoms with E-state index >= 15 is 0 Å². The normalized spacial score (nSPS) is 9.50. The van der Waals surface area contributed by atoms with Crippen LogP contribution < -0.4 is 5.73 Å². The zero-order valence-corrected chi connectivity index (χ0v) is 7.47. The largest absolute Gasteiger partial charge is 0.480 e. The van der Waals surface area contributed by atoms with Crippen molar-refractivity contribution < 1.29 is 24.6 Å². The summed E-state index contributed by atoms with van der Waals surface area (Å²) in [6, 6.07) is 0. The molecule has 4 N–H and O–H groups in total. The van der Waals surface area contributed by atoms with Crippen LogP contribution in [0.4, 0.5) is 0 Å². The fourth-order valence-electron chi connectivity index (χ4n) is 0.840. The molecule has 80 valence electrons. The van der Waals surface area contributed by atoms with Crippen molar-refractivity contribution >= 4 is 17.8 Å². The van der Waals surface area contributed by atoms with Gasteiger partial charge >= 0.3 is 11.9 Å². The summed E-state index contributed by atoms with van der Waals surface area (Å²) in [5, 5.41) is 16.8. The zero-order valence-electron chi connectivity index (χ0n) is 7.47. The van der Waals surface area contributed by atoms with Crippen molar-refractivity contribution in [2.45, 2.75) is 6.42 Å². The Hall–Kier alpha value is -1.63. The predicted octanol–water partition coefficient (Wildman–Crippen LogP) is -1.67. The second-order valence-electron chi connectivity index (χ2n) is 2.58. The molecule has 0 aliphatic heterocycles. The predicted molar refractivity (Wildman–Crippen MR) is 45.5 cm³/mol. The van der Waals surface area contributed by atoms with Crippen molar-refractivity contribution in [2.24, 2.45) is 5.73 Å². The average molecular weight is 204 g/mol. The number of aliphatic carboxylic acids is 2. The van der Waals surface area contributed by atoms with Crippen molar-refractivity contribution in [3.05, 3.63) is 0 Å². The van der Waals surface area contributed by atoms with Gasteiger partial charge in [0.25, 0.3) is 0 Å². The van der Waals surface area contributed by atoms with Crippen LogP contribution in [-0.4, -0.2) is 52.6 Å². The Morgan fingerprint density at radius 3 is 1.79 bits per heavy atom. The molecule has 0 spiro atoms. The summed E-state index contributed by atoms with van der Waals surface area (Å²) in [7, 11) is 0. The Balaban J connectivity index is 4.29. The maximum absolute atomic E-state index is 11.1. The van der Waals surface area contributed by atoms with Crippen LogP contribution in [0, 0.1) is 0 Å². The molecule has 0 aromatic heterocycles. The van der Waals surface area contributed by atoms with E-state index in [2.05, 4.69) is 0 Å². The van der Waals surface area contributed by atoms with Crippen LogP contribution in [0.2, 0.25) is 0 Å². The molecule has 0 aliphatic carbocycles. The summed E-state index contributed by atoms with van der Waals surface area (Å²) < 4.78 is 0. The summed E-state index contributed by atoms with van der Waals surface area (Å²) in [4.78, 5) is 32.4. The molecule has 14 heavy (non-hydrogen) atoms. The number of rotatable bonds is 6. The number of carboxylic acid groups (broad SMARTS) is 2. The fraction of sp³-hybridized carbons (Fsp3) is 0.571. The lowest BCUT2D eigenvalue weighted by Crippen LogP contribution is -2.40. The maximum Gasteiger partial charge on any atom is 0.323 e. The molecule has 0 aliphatic rings. The molecule has 0 saturated heterocycles. The Bertz CT molecular complexity index is 224. The van der Waals surface area contributed by atoms with Crippen molar-refractivity contribution in [3.63, 3.8) is 0 Å². The number of carbonyl (C=O) groups is 3. The van der Waals surface area contributed by atoms with Crippen LogP contribution in [-0.2, 0) is 14.4 Å². The van der Waals surface area contributed by atoms with Gasteiger partial charge in [-0.3, -0.25) is 14.4 Å². The Morgan fingerprint density at radius 1 is 1.07 bits per heavy atom. The minimum atomic E-state index is -1.25. The molecule has 1 amide bonds. The number of carboxylic acids is 2. The van der Waals surface area contributed by atoms with Gasteiger partial charge in [-0.2, -0.15) is 0 Å². The molecule has 0 unspecified atom stereocenters. The second kappa shape index (κ2) is 5.92. The van der Waals surface area contributed by atoms with Crippen LogP contribution in [0.5, 0.6) is 0 Å². The van der Waals surface area contributed by atoms with Crippen molar-refractivity contribution in [2.75, 3.05) is 19.6 Å². The molecule has 7 heteroatoms. The SMILES string of the molecule is NCCC(=O)N(CC(=O)O)CC(=O)O. The van der Waals surface area contributed by atoms with Gasteiger partial charge in [-0.1, -0.05) is 0 Å². The van der Waals surface area contributed by atoms with Gasteiger partial charge in [-0.25, -0.2) is 0 Å². The summed E-state index contributed by atoms with van der Waals surface area (Å²) in [6.07, 6.45) is -0.0550. The van der Waals surface area contributed by atoms with Crippen LogP contribution in [0.3, 0.4) is 0 Å². The maximum atomic E-state index is 11.1. The lowest BCUT2D eigenvalue weighted by molar-refractivity contribution is -0.149. The van der Waals surface area contributed by atoms with E-state index < -0.39 is 30.9 Å². The molecular weight excluding hydrogens is 192 g/mol. The molecule has 0 rings (SSSR count). The molecule has 0 fully saturated rings. The monoisotopic (exact) mass is 204 g/mol. The minimum Gasteiger partial charge on any atom is -0.480 e. The van der Waals surface area contributed by atoms with Crippen molar-refractivity contribution in [3.8, 4) is 0 Å². The summed E-state index contributed by atoms with van der Waals surface area (Å²) >= 11 is 0. The van der Waals surface area contributed by atoms with Crippen LogP contribution in [0.15, 0.2) is 0 Å². The highest BCUT2D eigenvalue weighted by Gasteiger charge is 2.18. The molecule has 0 radical (unpaired) electrons. The summed E-state index contributed by atoms with van der Waals surface area (Å²) in [6.45, 7) is -1.18. The molecule has 0 atom stereocenters. The lowest BCUT2D eigenvalue weighted by Gasteiger charge is -2.17. The molecule has 0 bridgehead atoms. The van der Waals surface area contributed by atoms with E-state index in [1.807, 2.05) is 0 Å². The topological polar surface area (TPSA) is 121 Å². The summed E-state index contributed by atoms with van der Waals surface area (Å²) in [5.74, 6) is -3.08. The highest BCUT2D eigenvalue weighted by Crippen LogP contribution is 1.93. The van der Waals surface area contributed by atoms with E-state index in [9.17, 15) is 14.4 Å². The Morgan fingerprint density at radius 2 is 1.50 bits per heavy atom. The molecule has 0 aromatic rings. The molecular formula is C7H12N2O5. The molecule has 0 aromatic carbocycles.